The van der Waals surface area contributed by atoms with Crippen molar-refractivity contribution in [2.75, 3.05) is 79.3 Å². The summed E-state index contributed by atoms with van der Waals surface area (Å²) >= 11 is -2.63. The first-order valence-electron chi connectivity index (χ1n) is 39.8. The van der Waals surface area contributed by atoms with Crippen LogP contribution in [-0.4, -0.2) is 164 Å². The van der Waals surface area contributed by atoms with E-state index in [9.17, 15) is 0 Å². The Balaban J connectivity index is 0.000000478. The van der Waals surface area contributed by atoms with Crippen LogP contribution in [0.3, 0.4) is 0 Å². The van der Waals surface area contributed by atoms with E-state index < -0.39 is 33.1 Å². The summed E-state index contributed by atoms with van der Waals surface area (Å²) in [5, 5.41) is 0. The zero-order valence-corrected chi connectivity index (χ0v) is 77.1. The molecule has 6 aliphatic heterocycles. The molecule has 0 N–H and O–H groups in total. The maximum atomic E-state index is 4.94. The van der Waals surface area contributed by atoms with Gasteiger partial charge in [0.25, 0.3) is 0 Å². The Morgan fingerprint density at radius 3 is 0.564 bits per heavy atom. The number of benzene rings is 6. The molecule has 0 bridgehead atoms. The molecule has 0 amide bonds. The van der Waals surface area contributed by atoms with Crippen molar-refractivity contribution in [3.63, 3.8) is 0 Å². The predicted octanol–water partition coefficient (Wildman–Crippen LogP) is 23.9. The van der Waals surface area contributed by atoms with Crippen molar-refractivity contribution >= 4 is 91.7 Å². The summed E-state index contributed by atoms with van der Waals surface area (Å²) < 4.78 is 33.1. The van der Waals surface area contributed by atoms with Crippen LogP contribution in [0.5, 0.6) is 0 Å². The topological polar surface area (TPSA) is 55.4 Å². The average molecular weight is 1620 g/mol. The van der Waals surface area contributed by atoms with Crippen molar-refractivity contribution in [2.45, 2.75) is 289 Å². The smallest absolute Gasteiger partial charge is 0 e. The standard InChI is InChI=1S/2C34H45.6C4H8O.K.2Sn/c2*1-20(2)28-15-25(11)33(30(17-28)22(5)6)26-13-12-14-27(16-26)34-31(23(7)8)18-29(21(3)4)19-32(34)24(9)10;6*1-2-4-5-3-1;;;/h2*12-15,17-24H,1-11H3;6*1-4H2;;;. The Morgan fingerprint density at radius 2 is 0.406 bits per heavy atom. The van der Waals surface area contributed by atoms with Crippen LogP contribution in [0, 0.1) is 13.8 Å². The van der Waals surface area contributed by atoms with Gasteiger partial charge in [-0.1, -0.05) is 0 Å². The van der Waals surface area contributed by atoms with Gasteiger partial charge in [0, 0.05) is 131 Å². The number of hydrogen-bond acceptors (Lipinski definition) is 6. The van der Waals surface area contributed by atoms with Gasteiger partial charge >= 0.3 is 448 Å². The molecular weight excluding hydrogens is 1480 g/mol. The molecule has 551 valence electrons. The zero-order chi connectivity index (χ0) is 73.0. The third-order valence-corrected chi connectivity index (χ3v) is 36.9. The first kappa shape index (κ1) is 89.9. The maximum Gasteiger partial charge on any atom is 0 e. The molecule has 0 aliphatic carbocycles. The van der Waals surface area contributed by atoms with Gasteiger partial charge in [0.15, 0.2) is 0 Å². The van der Waals surface area contributed by atoms with Crippen molar-refractivity contribution < 1.29 is 28.4 Å². The third kappa shape index (κ3) is 27.7. The Bertz CT molecular complexity index is 3040. The number of rotatable bonds is 16. The first-order valence-corrected chi connectivity index (χ1v) is 53.6. The van der Waals surface area contributed by atoms with Crippen molar-refractivity contribution in [1.29, 1.82) is 0 Å². The molecule has 6 saturated heterocycles. The number of hydrogen-bond donors (Lipinski definition) is 0. The summed E-state index contributed by atoms with van der Waals surface area (Å²) in [7, 11) is 0. The Morgan fingerprint density at radius 1 is 0.238 bits per heavy atom. The van der Waals surface area contributed by atoms with Gasteiger partial charge in [-0.2, -0.15) is 0 Å². The van der Waals surface area contributed by atoms with Crippen molar-refractivity contribution in [1.82, 2.24) is 0 Å². The first-order chi connectivity index (χ1) is 47.8. The minimum absolute atomic E-state index is 0. The van der Waals surface area contributed by atoms with Crippen molar-refractivity contribution in [3.8, 4) is 44.5 Å². The molecule has 6 aliphatic rings. The monoisotopic (exact) mass is 1620 g/mol. The predicted molar refractivity (Wildman–Crippen MR) is 442 cm³/mol. The molecule has 0 atom stereocenters. The van der Waals surface area contributed by atoms with Gasteiger partial charge in [-0.05, 0) is 77.0 Å². The normalized spacial score (nSPS) is 15.8. The largest absolute Gasteiger partial charge is 0 e. The van der Waals surface area contributed by atoms with E-state index in [1.54, 1.807) is 7.16 Å². The van der Waals surface area contributed by atoms with Gasteiger partial charge in [-0.25, -0.2) is 0 Å². The summed E-state index contributed by atoms with van der Waals surface area (Å²) in [5.74, 6) is 4.35. The summed E-state index contributed by atoms with van der Waals surface area (Å²) in [6, 6.07) is 35.6. The second-order valence-corrected chi connectivity index (χ2v) is 45.8. The van der Waals surface area contributed by atoms with Crippen LogP contribution in [0.15, 0.2) is 84.9 Å². The third-order valence-electron chi connectivity index (χ3n) is 20.1. The van der Waals surface area contributed by atoms with Crippen LogP contribution in [0.2, 0.25) is 0 Å². The second kappa shape index (κ2) is 47.3. The van der Waals surface area contributed by atoms with Gasteiger partial charge in [-0.3, -0.25) is 0 Å². The molecule has 9 heteroatoms. The fourth-order valence-electron chi connectivity index (χ4n) is 13.9. The van der Waals surface area contributed by atoms with Crippen LogP contribution >= 0.6 is 0 Å². The van der Waals surface area contributed by atoms with Gasteiger partial charge in [-0.15, -0.1) is 0 Å². The molecular formula is C92H138KO6Sn2. The van der Waals surface area contributed by atoms with Crippen LogP contribution in [0.25, 0.3) is 44.5 Å². The number of ether oxygens (including phenoxy) is 6. The average Bonchev–Trinajstić information content (AvgIpc) is 1.70. The second-order valence-electron chi connectivity index (χ2n) is 31.9. The van der Waals surface area contributed by atoms with Crippen LogP contribution in [-0.2, 0) is 28.4 Å². The molecule has 0 unspecified atom stereocenters. The quantitative estimate of drug-likeness (QED) is 0.0900. The molecule has 3 radical (unpaired) electrons. The van der Waals surface area contributed by atoms with Gasteiger partial charge in [0.05, 0.1) is 0 Å². The molecule has 6 nitrogen and oxygen atoms in total. The number of aryl methyl sites for hydroxylation is 2. The van der Waals surface area contributed by atoms with E-state index in [1.807, 2.05) is 0 Å². The zero-order valence-electron chi connectivity index (χ0n) is 68.3. The summed E-state index contributed by atoms with van der Waals surface area (Å²) in [5.41, 5.74) is 29.9. The molecule has 0 saturated carbocycles. The fraction of sp³-hybridized carbons (Fsp3) is 0.609. The SMILES string of the molecule is C1CCOC1.C1CCOC1.C1CCOC1.C1CCOC1.C1CCOC1.C1CCOC1.Cc1cc(C(C)C)cc(C(C)C)c1-c1cccc(-c2c(C(C)C)cc(C(C)C)cc2C(C)C)[c]1[Sn]=[Sn][c]1c(-c2c(C)cc(C(C)C)cc2C(C)C)cccc1-c1c(C(C)C)cc(C(C)C)cc1C(C)C.[K]. The van der Waals surface area contributed by atoms with Crippen LogP contribution in [0.1, 0.15) is 341 Å². The van der Waals surface area contributed by atoms with Crippen LogP contribution in [0.4, 0.5) is 0 Å². The molecule has 6 aromatic rings. The van der Waals surface area contributed by atoms with Gasteiger partial charge < -0.3 is 28.4 Å². The van der Waals surface area contributed by atoms with E-state index >= 15 is 0 Å². The summed E-state index contributed by atoms with van der Waals surface area (Å²) in [6.45, 7) is 64.9. The summed E-state index contributed by atoms with van der Waals surface area (Å²) in [4.78, 5) is 0. The van der Waals surface area contributed by atoms with E-state index in [2.05, 4.69) is 237 Å². The van der Waals surface area contributed by atoms with E-state index in [4.69, 9.17) is 28.4 Å². The van der Waals surface area contributed by atoms with Crippen LogP contribution < -0.4 is 7.16 Å². The molecule has 0 aromatic heterocycles. The molecule has 6 fully saturated rings. The van der Waals surface area contributed by atoms with E-state index in [-0.39, 0.29) is 51.4 Å². The Labute approximate surface area is 676 Å². The van der Waals surface area contributed by atoms with E-state index in [0.29, 0.717) is 59.2 Å². The fourth-order valence-corrected chi connectivity index (χ4v) is 33.7. The van der Waals surface area contributed by atoms with Gasteiger partial charge in [0.1, 0.15) is 0 Å². The molecule has 6 aromatic carbocycles. The Kier molecular flexibility index (Phi) is 42.1. The van der Waals surface area contributed by atoms with Gasteiger partial charge in [0.2, 0.25) is 0 Å². The Hall–Kier alpha value is -1.69. The minimum atomic E-state index is -1.31. The molecule has 12 rings (SSSR count). The van der Waals surface area contributed by atoms with E-state index in [1.165, 1.54) is 188 Å². The molecule has 0 spiro atoms. The maximum absolute atomic E-state index is 4.94. The molecule has 101 heavy (non-hydrogen) atoms. The van der Waals surface area contributed by atoms with Crippen molar-refractivity contribution in [3.05, 3.63) is 152 Å². The van der Waals surface area contributed by atoms with E-state index in [0.717, 1.165) is 79.3 Å². The summed E-state index contributed by atoms with van der Waals surface area (Å²) in [6.07, 6.45) is 15.3. The van der Waals surface area contributed by atoms with Crippen molar-refractivity contribution in [2.24, 2.45) is 0 Å². The molecule has 6 heterocycles. The minimum Gasteiger partial charge on any atom is 0 e.